The maximum atomic E-state index is 12.0. The molecular formula is C24H36N2O7. The van der Waals surface area contributed by atoms with Crippen LogP contribution in [0.3, 0.4) is 0 Å². The molecule has 184 valence electrons. The average molecular weight is 465 g/mol. The standard InChI is InChI=1S/C24H36N2O7/c1-16(5-8-20-12-24(15-31-24)11-18(3)32-20)6-10-22-29-13-19(14-30-22)26-21(27)9-7-17(2)33-23(28)25-4/h5-9,17-20,22H,10-15H2,1-4H3,(H,25,28)(H,26,27)/t17?,18?,19?,20-,22?,24-/m1/s1. The van der Waals surface area contributed by atoms with Crippen LogP contribution < -0.4 is 10.6 Å². The highest BCUT2D eigenvalue weighted by molar-refractivity contribution is 5.87. The van der Waals surface area contributed by atoms with Crippen molar-refractivity contribution in [2.75, 3.05) is 26.9 Å². The Bertz CT molecular complexity index is 767. The van der Waals surface area contributed by atoms with Crippen molar-refractivity contribution in [3.05, 3.63) is 36.0 Å². The predicted octanol–water partition coefficient (Wildman–Crippen LogP) is 2.37. The fourth-order valence-electron chi connectivity index (χ4n) is 3.93. The number of hydrogen-bond donors (Lipinski definition) is 2. The second-order valence-corrected chi connectivity index (χ2v) is 8.93. The van der Waals surface area contributed by atoms with Crippen molar-refractivity contribution < 1.29 is 33.3 Å². The predicted molar refractivity (Wildman–Crippen MR) is 122 cm³/mol. The molecule has 2 unspecified atom stereocenters. The normalized spacial score (nSPS) is 33.3. The summed E-state index contributed by atoms with van der Waals surface area (Å²) in [6, 6.07) is -0.235. The van der Waals surface area contributed by atoms with Gasteiger partial charge in [-0.15, -0.1) is 0 Å². The van der Waals surface area contributed by atoms with Gasteiger partial charge in [0.15, 0.2) is 6.29 Å². The molecule has 1 spiro atoms. The van der Waals surface area contributed by atoms with Crippen LogP contribution in [0.5, 0.6) is 0 Å². The molecule has 3 fully saturated rings. The van der Waals surface area contributed by atoms with Gasteiger partial charge in [-0.3, -0.25) is 4.79 Å². The smallest absolute Gasteiger partial charge is 0.407 e. The Balaban J connectivity index is 1.34. The number of carbonyl (C=O) groups excluding carboxylic acids is 2. The Labute approximate surface area is 195 Å². The molecule has 0 radical (unpaired) electrons. The van der Waals surface area contributed by atoms with E-state index in [1.165, 1.54) is 19.2 Å². The van der Waals surface area contributed by atoms with Gasteiger partial charge in [-0.05, 0) is 26.8 Å². The first-order valence-corrected chi connectivity index (χ1v) is 11.5. The fourth-order valence-corrected chi connectivity index (χ4v) is 3.93. The summed E-state index contributed by atoms with van der Waals surface area (Å²) < 4.78 is 28.1. The van der Waals surface area contributed by atoms with E-state index >= 15 is 0 Å². The molecule has 9 heteroatoms. The van der Waals surface area contributed by atoms with Gasteiger partial charge < -0.3 is 34.3 Å². The molecular weight excluding hydrogens is 428 g/mol. The van der Waals surface area contributed by atoms with Gasteiger partial charge in [-0.2, -0.15) is 0 Å². The van der Waals surface area contributed by atoms with E-state index in [0.29, 0.717) is 19.6 Å². The molecule has 0 aromatic heterocycles. The van der Waals surface area contributed by atoms with E-state index < -0.39 is 12.2 Å². The number of nitrogens with one attached hydrogen (secondary N) is 2. The Kier molecular flexibility index (Phi) is 9.08. The average Bonchev–Trinajstić information content (AvgIpc) is 3.52. The summed E-state index contributed by atoms with van der Waals surface area (Å²) in [5.41, 5.74) is 1.16. The van der Waals surface area contributed by atoms with E-state index in [0.717, 1.165) is 25.0 Å². The van der Waals surface area contributed by atoms with E-state index in [1.54, 1.807) is 6.92 Å². The lowest BCUT2D eigenvalue weighted by Gasteiger charge is -2.30. The van der Waals surface area contributed by atoms with Crippen LogP contribution in [0.2, 0.25) is 0 Å². The third kappa shape index (κ3) is 8.58. The van der Waals surface area contributed by atoms with Gasteiger partial charge in [0.1, 0.15) is 6.10 Å². The molecule has 3 heterocycles. The molecule has 33 heavy (non-hydrogen) atoms. The summed E-state index contributed by atoms with van der Waals surface area (Å²) in [7, 11) is 1.47. The van der Waals surface area contributed by atoms with Gasteiger partial charge in [0, 0.05) is 32.4 Å². The molecule has 4 atom stereocenters. The van der Waals surface area contributed by atoms with Crippen LogP contribution in [0.25, 0.3) is 0 Å². The summed E-state index contributed by atoms with van der Waals surface area (Å²) in [6.07, 6.45) is 10.5. The van der Waals surface area contributed by atoms with Crippen molar-refractivity contribution in [1.29, 1.82) is 0 Å². The lowest BCUT2D eigenvalue weighted by atomic mass is 9.92. The highest BCUT2D eigenvalue weighted by Crippen LogP contribution is 2.42. The first-order valence-electron chi connectivity index (χ1n) is 11.5. The third-order valence-corrected chi connectivity index (χ3v) is 5.73. The van der Waals surface area contributed by atoms with Gasteiger partial charge in [0.25, 0.3) is 0 Å². The molecule has 0 aromatic carbocycles. The highest BCUT2D eigenvalue weighted by Gasteiger charge is 2.50. The van der Waals surface area contributed by atoms with Gasteiger partial charge in [-0.25, -0.2) is 4.79 Å². The van der Waals surface area contributed by atoms with Gasteiger partial charge in [0.2, 0.25) is 5.91 Å². The van der Waals surface area contributed by atoms with Crippen molar-refractivity contribution in [3.63, 3.8) is 0 Å². The summed E-state index contributed by atoms with van der Waals surface area (Å²) in [5.74, 6) is -0.295. The van der Waals surface area contributed by atoms with E-state index in [9.17, 15) is 9.59 Å². The number of alkyl carbamates (subject to hydrolysis) is 1. The van der Waals surface area contributed by atoms with E-state index in [-0.39, 0.29) is 36.0 Å². The Morgan fingerprint density at radius 3 is 2.61 bits per heavy atom. The second-order valence-electron chi connectivity index (χ2n) is 8.93. The number of allylic oxidation sites excluding steroid dienone is 2. The molecule has 0 aliphatic carbocycles. The van der Waals surface area contributed by atoms with Crippen molar-refractivity contribution in [2.45, 2.75) is 76.3 Å². The minimum absolute atomic E-state index is 0.0490. The van der Waals surface area contributed by atoms with Gasteiger partial charge in [0.05, 0.1) is 43.7 Å². The van der Waals surface area contributed by atoms with Crippen LogP contribution in [-0.2, 0) is 28.5 Å². The van der Waals surface area contributed by atoms with Crippen LogP contribution in [-0.4, -0.2) is 75.1 Å². The number of hydrogen-bond acceptors (Lipinski definition) is 7. The summed E-state index contributed by atoms with van der Waals surface area (Å²) in [4.78, 5) is 23.2. The Morgan fingerprint density at radius 1 is 1.21 bits per heavy atom. The Morgan fingerprint density at radius 2 is 1.94 bits per heavy atom. The third-order valence-electron chi connectivity index (χ3n) is 5.73. The molecule has 0 bridgehead atoms. The van der Waals surface area contributed by atoms with Crippen molar-refractivity contribution in [2.24, 2.45) is 0 Å². The zero-order valence-corrected chi connectivity index (χ0v) is 19.9. The van der Waals surface area contributed by atoms with Crippen molar-refractivity contribution in [3.8, 4) is 0 Å². The number of carbonyl (C=O) groups is 2. The van der Waals surface area contributed by atoms with E-state index in [4.69, 9.17) is 23.7 Å². The van der Waals surface area contributed by atoms with Gasteiger partial charge in [-0.1, -0.05) is 23.8 Å². The first kappa shape index (κ1) is 25.4. The van der Waals surface area contributed by atoms with Crippen LogP contribution in [0.1, 0.15) is 40.0 Å². The minimum atomic E-state index is -0.550. The number of epoxide rings is 1. The zero-order chi connectivity index (χ0) is 23.8. The molecule has 3 saturated heterocycles. The summed E-state index contributed by atoms with van der Waals surface area (Å²) in [6.45, 7) is 7.39. The summed E-state index contributed by atoms with van der Waals surface area (Å²) in [5, 5.41) is 5.17. The van der Waals surface area contributed by atoms with E-state index in [1.807, 2.05) is 6.92 Å². The number of amides is 2. The maximum Gasteiger partial charge on any atom is 0.407 e. The minimum Gasteiger partial charge on any atom is -0.442 e. The first-order chi connectivity index (χ1) is 15.8. The SMILES string of the molecule is CNC(=O)OC(C)C=CC(=O)NC1COC(CC=C(C)C=C[C@@H]2C[C@@]3(CO3)CC(C)O2)OC1. The molecule has 3 aliphatic heterocycles. The molecule has 3 rings (SSSR count). The summed E-state index contributed by atoms with van der Waals surface area (Å²) >= 11 is 0. The molecule has 3 aliphatic rings. The monoisotopic (exact) mass is 464 g/mol. The molecule has 2 N–H and O–H groups in total. The van der Waals surface area contributed by atoms with Crippen molar-refractivity contribution in [1.82, 2.24) is 10.6 Å². The highest BCUT2D eigenvalue weighted by atomic mass is 16.7. The van der Waals surface area contributed by atoms with Crippen LogP contribution in [0.15, 0.2) is 36.0 Å². The number of rotatable bonds is 8. The largest absolute Gasteiger partial charge is 0.442 e. The maximum absolute atomic E-state index is 12.0. The topological polar surface area (TPSA) is 108 Å². The van der Waals surface area contributed by atoms with E-state index in [2.05, 4.69) is 35.8 Å². The fraction of sp³-hybridized carbons (Fsp3) is 0.667. The quantitative estimate of drug-likeness (QED) is 0.323. The molecule has 9 nitrogen and oxygen atoms in total. The van der Waals surface area contributed by atoms with Crippen LogP contribution in [0.4, 0.5) is 4.79 Å². The van der Waals surface area contributed by atoms with Crippen LogP contribution >= 0.6 is 0 Å². The molecule has 2 amide bonds. The lowest BCUT2D eigenvalue weighted by molar-refractivity contribution is -0.187. The Hall–Kier alpha value is -2.20. The molecule has 0 saturated carbocycles. The second kappa shape index (κ2) is 11.8. The number of ether oxygens (including phenoxy) is 5. The molecule has 0 aromatic rings. The lowest BCUT2D eigenvalue weighted by Crippen LogP contribution is -2.46. The van der Waals surface area contributed by atoms with Gasteiger partial charge >= 0.3 is 6.09 Å². The zero-order valence-electron chi connectivity index (χ0n) is 19.9. The van der Waals surface area contributed by atoms with Crippen LogP contribution in [0, 0.1) is 0 Å². The van der Waals surface area contributed by atoms with Crippen molar-refractivity contribution >= 4 is 12.0 Å².